The molecule has 4 unspecified atom stereocenters. The van der Waals surface area contributed by atoms with Crippen molar-refractivity contribution >= 4 is 0 Å². The molecule has 4 bridgehead atoms. The lowest BCUT2D eigenvalue weighted by Crippen LogP contribution is -2.13. The number of rotatable bonds is 16. The maximum Gasteiger partial charge on any atom is 0.129 e. The zero-order chi connectivity index (χ0) is 30.1. The molecule has 0 amide bonds. The third-order valence-corrected chi connectivity index (χ3v) is 9.40. The van der Waals surface area contributed by atoms with E-state index in [2.05, 4.69) is 24.3 Å². The molecule has 9 nitrogen and oxygen atoms in total. The Morgan fingerprint density at radius 1 is 0.488 bits per heavy atom. The fourth-order valence-electron chi connectivity index (χ4n) is 7.67. The van der Waals surface area contributed by atoms with Gasteiger partial charge in [0.1, 0.15) is 23.0 Å². The van der Waals surface area contributed by atoms with E-state index in [4.69, 9.17) is 33.2 Å². The molecule has 9 heteroatoms. The van der Waals surface area contributed by atoms with Gasteiger partial charge < -0.3 is 43.4 Å². The molecule has 0 spiro atoms. The molecule has 232 valence electrons. The molecule has 4 aliphatic rings. The van der Waals surface area contributed by atoms with Gasteiger partial charge in [-0.25, -0.2) is 0 Å². The molecular formula is C34H42O9. The van der Waals surface area contributed by atoms with Crippen LogP contribution in [0.15, 0.2) is 24.3 Å². The van der Waals surface area contributed by atoms with Gasteiger partial charge in [0.2, 0.25) is 0 Å². The summed E-state index contributed by atoms with van der Waals surface area (Å²) < 4.78 is 41.0. The summed E-state index contributed by atoms with van der Waals surface area (Å²) in [5, 5.41) is 20.5. The fraction of sp³-hybridized carbons (Fsp3) is 0.529. The minimum atomic E-state index is -0.155. The Labute approximate surface area is 252 Å². The topological polar surface area (TPSA) is 105 Å². The number of fused-ring (bicyclic) bond motifs is 10. The van der Waals surface area contributed by atoms with Crippen LogP contribution in [0.1, 0.15) is 81.0 Å². The monoisotopic (exact) mass is 594 g/mol. The number of hydrogen-bond donors (Lipinski definition) is 2. The maximum absolute atomic E-state index is 10.2. The van der Waals surface area contributed by atoms with Gasteiger partial charge in [0.25, 0.3) is 0 Å². The van der Waals surface area contributed by atoms with Crippen LogP contribution < -0.4 is 18.9 Å². The number of hydrogen-bond acceptors (Lipinski definition) is 9. The highest BCUT2D eigenvalue weighted by Gasteiger charge is 2.42. The smallest absolute Gasteiger partial charge is 0.129 e. The van der Waals surface area contributed by atoms with Crippen molar-refractivity contribution in [1.82, 2.24) is 0 Å². The van der Waals surface area contributed by atoms with Crippen LogP contribution in [0.2, 0.25) is 0 Å². The molecule has 2 aromatic carbocycles. The summed E-state index contributed by atoms with van der Waals surface area (Å²) in [7, 11) is 6.65. The van der Waals surface area contributed by atoms with Crippen molar-refractivity contribution in [3.05, 3.63) is 68.8 Å². The summed E-state index contributed by atoms with van der Waals surface area (Å²) in [5.41, 5.74) is 7.67. The van der Waals surface area contributed by atoms with Crippen molar-refractivity contribution in [2.45, 2.75) is 62.9 Å². The van der Waals surface area contributed by atoms with Crippen LogP contribution in [0.25, 0.3) is 0 Å². The molecule has 0 radical (unpaired) electrons. The predicted molar refractivity (Wildman–Crippen MR) is 160 cm³/mol. The van der Waals surface area contributed by atoms with Gasteiger partial charge in [-0.3, -0.25) is 0 Å². The van der Waals surface area contributed by atoms with Crippen LogP contribution in [0.4, 0.5) is 0 Å². The third kappa shape index (κ3) is 5.01. The summed E-state index contributed by atoms with van der Waals surface area (Å²) in [6.45, 7) is 1.79. The highest BCUT2D eigenvalue weighted by Crippen LogP contribution is 2.58. The van der Waals surface area contributed by atoms with Gasteiger partial charge in [-0.1, -0.05) is 24.3 Å². The van der Waals surface area contributed by atoms with E-state index in [9.17, 15) is 10.2 Å². The number of aliphatic hydroxyl groups excluding tert-OH is 2. The van der Waals surface area contributed by atoms with Crippen molar-refractivity contribution in [1.29, 1.82) is 0 Å². The maximum atomic E-state index is 10.2. The molecule has 2 aromatic rings. The number of allylic oxidation sites excluding steroid dienone is 4. The second-order valence-electron chi connectivity index (χ2n) is 11.4. The normalized spacial score (nSPS) is 21.9. The Bertz CT molecular complexity index is 1310. The summed E-state index contributed by atoms with van der Waals surface area (Å²) in [6.07, 6.45) is 10.9. The number of aliphatic hydroxyl groups is 2. The number of benzene rings is 2. The van der Waals surface area contributed by atoms with Crippen LogP contribution in [-0.2, 0) is 40.6 Å². The van der Waals surface area contributed by atoms with Crippen molar-refractivity contribution in [3.8, 4) is 23.0 Å². The average Bonchev–Trinajstić information content (AvgIpc) is 3.84. The van der Waals surface area contributed by atoms with Crippen LogP contribution in [0.5, 0.6) is 23.0 Å². The molecule has 0 fully saturated rings. The van der Waals surface area contributed by atoms with Gasteiger partial charge in [0.15, 0.2) is 0 Å². The van der Waals surface area contributed by atoms with E-state index in [1.165, 1.54) is 0 Å². The Balaban J connectivity index is 1.02. The molecule has 0 heterocycles. The Hall–Kier alpha value is -3.08. The highest BCUT2D eigenvalue weighted by molar-refractivity contribution is 5.68. The minimum Gasteiger partial charge on any atom is -0.496 e. The molecule has 0 saturated carbocycles. The van der Waals surface area contributed by atoms with Gasteiger partial charge in [-0.2, -0.15) is 0 Å². The van der Waals surface area contributed by atoms with E-state index in [1.807, 2.05) is 0 Å². The standard InChI is InChI=1S/C34H42O9/c1-37-31-23(15-35)25(33(39-3)29-21-7-5-19(13-21)27(29)31)17-42-11-9-41-10-12-43-18-26-24(16-36)32(38-2)28-20-6-8-22(14-20)30(28)34(26)40-4/h5-8,19-22,35-36H,9-18H2,1-4H3. The van der Waals surface area contributed by atoms with E-state index in [1.54, 1.807) is 28.4 Å². The van der Waals surface area contributed by atoms with E-state index in [0.29, 0.717) is 50.1 Å². The molecule has 4 aliphatic carbocycles. The Kier molecular flexibility index (Phi) is 8.98. The molecule has 2 N–H and O–H groups in total. The SMILES string of the molecule is COc1c(CO)c(COCCOCCOCc2c(CO)c(OC)c3c(c2OC)C2C=CC3C2)c(OC)c2c1C1C=CC2C1. The van der Waals surface area contributed by atoms with Gasteiger partial charge in [-0.05, 0) is 12.8 Å². The second-order valence-corrected chi connectivity index (χ2v) is 11.4. The van der Waals surface area contributed by atoms with Gasteiger partial charge in [0.05, 0.1) is 81.3 Å². The summed E-state index contributed by atoms with van der Waals surface area (Å²) >= 11 is 0. The van der Waals surface area contributed by atoms with Crippen LogP contribution in [-0.4, -0.2) is 65.1 Å². The van der Waals surface area contributed by atoms with Crippen LogP contribution >= 0.6 is 0 Å². The molecule has 0 aliphatic heterocycles. The molecule has 43 heavy (non-hydrogen) atoms. The highest BCUT2D eigenvalue weighted by atomic mass is 16.5. The molecule has 6 rings (SSSR count). The van der Waals surface area contributed by atoms with Crippen molar-refractivity contribution in [2.75, 3.05) is 54.9 Å². The van der Waals surface area contributed by atoms with E-state index in [0.717, 1.165) is 80.3 Å². The Morgan fingerprint density at radius 2 is 0.791 bits per heavy atom. The number of ether oxygens (including phenoxy) is 7. The Morgan fingerprint density at radius 3 is 1.09 bits per heavy atom. The van der Waals surface area contributed by atoms with Crippen molar-refractivity contribution < 1.29 is 43.4 Å². The molecule has 0 saturated heterocycles. The largest absolute Gasteiger partial charge is 0.496 e. The number of methoxy groups -OCH3 is 4. The average molecular weight is 595 g/mol. The second kappa shape index (κ2) is 12.9. The first kappa shape index (κ1) is 30.0. The minimum absolute atomic E-state index is 0.155. The summed E-state index contributed by atoms with van der Waals surface area (Å²) in [5.74, 6) is 4.27. The van der Waals surface area contributed by atoms with Crippen molar-refractivity contribution in [3.63, 3.8) is 0 Å². The first-order valence-corrected chi connectivity index (χ1v) is 15.0. The lowest BCUT2D eigenvalue weighted by atomic mass is 9.89. The first-order chi connectivity index (χ1) is 21.1. The van der Waals surface area contributed by atoms with Gasteiger partial charge >= 0.3 is 0 Å². The van der Waals surface area contributed by atoms with E-state index < -0.39 is 0 Å². The zero-order valence-electron chi connectivity index (χ0n) is 25.4. The summed E-state index contributed by atoms with van der Waals surface area (Å²) in [6, 6.07) is 0. The molecule has 0 aromatic heterocycles. The zero-order valence-corrected chi connectivity index (χ0v) is 25.4. The quantitative estimate of drug-likeness (QED) is 0.211. The lowest BCUT2D eigenvalue weighted by molar-refractivity contribution is 0.00596. The third-order valence-electron chi connectivity index (χ3n) is 9.40. The fourth-order valence-corrected chi connectivity index (χ4v) is 7.67. The molecule has 4 atom stereocenters. The lowest BCUT2D eigenvalue weighted by Gasteiger charge is -2.25. The van der Waals surface area contributed by atoms with Crippen LogP contribution in [0, 0.1) is 0 Å². The van der Waals surface area contributed by atoms with Crippen molar-refractivity contribution in [2.24, 2.45) is 0 Å². The van der Waals surface area contributed by atoms with Crippen LogP contribution in [0.3, 0.4) is 0 Å². The predicted octanol–water partition coefficient (Wildman–Crippen LogP) is 4.74. The van der Waals surface area contributed by atoms with E-state index in [-0.39, 0.29) is 26.4 Å². The van der Waals surface area contributed by atoms with E-state index >= 15 is 0 Å². The molecular weight excluding hydrogens is 552 g/mol. The van der Waals surface area contributed by atoms with Gasteiger partial charge in [0, 0.05) is 68.2 Å². The van der Waals surface area contributed by atoms with Gasteiger partial charge in [-0.15, -0.1) is 0 Å². The summed E-state index contributed by atoms with van der Waals surface area (Å²) in [4.78, 5) is 0. The first-order valence-electron chi connectivity index (χ1n) is 15.0.